The van der Waals surface area contributed by atoms with E-state index in [1.807, 2.05) is 24.3 Å². The van der Waals surface area contributed by atoms with Crippen LogP contribution in [-0.2, 0) is 0 Å². The van der Waals surface area contributed by atoms with Crippen LogP contribution in [0.25, 0.3) is 56.4 Å². The summed E-state index contributed by atoms with van der Waals surface area (Å²) in [6.07, 6.45) is 0. The van der Waals surface area contributed by atoms with Gasteiger partial charge in [0.05, 0.1) is 0 Å². The zero-order valence-electron chi connectivity index (χ0n) is 24.4. The van der Waals surface area contributed by atoms with Crippen LogP contribution in [0, 0.1) is 0 Å². The number of nitrogens with zero attached hydrogens (tertiary/aromatic N) is 3. The number of aromatic nitrogens is 3. The molecule has 4 heteroatoms. The second-order valence-corrected chi connectivity index (χ2v) is 15.3. The van der Waals surface area contributed by atoms with E-state index in [4.69, 9.17) is 15.0 Å². The minimum absolute atomic E-state index is 0.667. The van der Waals surface area contributed by atoms with Gasteiger partial charge in [-0.05, 0) is 37.8 Å². The van der Waals surface area contributed by atoms with Gasteiger partial charge >= 0.3 is 0 Å². The van der Waals surface area contributed by atoms with Gasteiger partial charge in [-0.2, -0.15) is 0 Å². The van der Waals surface area contributed by atoms with Crippen LogP contribution < -0.4 is 15.6 Å². The molecule has 0 radical (unpaired) electrons. The van der Waals surface area contributed by atoms with Gasteiger partial charge in [-0.25, -0.2) is 15.0 Å². The van der Waals surface area contributed by atoms with E-state index in [0.717, 1.165) is 22.3 Å². The fourth-order valence-corrected chi connectivity index (χ4v) is 10.7. The average molecular weight is 580 g/mol. The molecular formula is C40H29N3Si. The lowest BCUT2D eigenvalue weighted by molar-refractivity contribution is 1.07. The van der Waals surface area contributed by atoms with E-state index in [2.05, 4.69) is 140 Å². The van der Waals surface area contributed by atoms with Crippen molar-refractivity contribution in [1.29, 1.82) is 0 Å². The van der Waals surface area contributed by atoms with Gasteiger partial charge in [-0.3, -0.25) is 0 Å². The Morgan fingerprint density at radius 2 is 0.795 bits per heavy atom. The number of fused-ring (bicyclic) bond motifs is 3. The van der Waals surface area contributed by atoms with E-state index in [0.29, 0.717) is 17.5 Å². The summed E-state index contributed by atoms with van der Waals surface area (Å²) in [5.74, 6) is 2.02. The Morgan fingerprint density at radius 3 is 1.45 bits per heavy atom. The number of rotatable bonds is 5. The van der Waals surface area contributed by atoms with Crippen LogP contribution in [0.2, 0.25) is 6.55 Å². The minimum Gasteiger partial charge on any atom is -0.208 e. The molecule has 1 atom stereocenters. The predicted octanol–water partition coefficient (Wildman–Crippen LogP) is 7.62. The maximum absolute atomic E-state index is 5.09. The monoisotopic (exact) mass is 579 g/mol. The van der Waals surface area contributed by atoms with Crippen molar-refractivity contribution in [1.82, 2.24) is 15.0 Å². The molecule has 0 saturated heterocycles. The predicted molar refractivity (Wildman–Crippen MR) is 184 cm³/mol. The summed E-state index contributed by atoms with van der Waals surface area (Å²) < 4.78 is 0. The van der Waals surface area contributed by atoms with E-state index in [1.165, 1.54) is 32.3 Å². The highest BCUT2D eigenvalue weighted by Crippen LogP contribution is 2.32. The normalized spacial score (nSPS) is 15.0. The van der Waals surface area contributed by atoms with Gasteiger partial charge in [0.1, 0.15) is 8.07 Å². The van der Waals surface area contributed by atoms with Crippen molar-refractivity contribution < 1.29 is 0 Å². The summed E-state index contributed by atoms with van der Waals surface area (Å²) in [6, 6.07) is 55.8. The minimum atomic E-state index is -2.23. The van der Waals surface area contributed by atoms with Crippen molar-refractivity contribution >= 4 is 23.6 Å². The lowest BCUT2D eigenvalue weighted by Gasteiger charge is -2.26. The molecule has 2 heterocycles. The fraction of sp³-hybridized carbons (Fsp3) is 0.0250. The van der Waals surface area contributed by atoms with E-state index >= 15 is 0 Å². The van der Waals surface area contributed by atoms with Crippen molar-refractivity contribution in [3.63, 3.8) is 0 Å². The van der Waals surface area contributed by atoms with E-state index in [9.17, 15) is 0 Å². The second kappa shape index (κ2) is 10.7. The van der Waals surface area contributed by atoms with Crippen molar-refractivity contribution in [2.75, 3.05) is 0 Å². The maximum Gasteiger partial charge on any atom is 0.164 e. The molecule has 0 aliphatic carbocycles. The highest BCUT2D eigenvalue weighted by molar-refractivity contribution is 7.13. The third-order valence-electron chi connectivity index (χ3n) is 8.84. The molecule has 1 aliphatic rings. The van der Waals surface area contributed by atoms with Gasteiger partial charge < -0.3 is 0 Å². The average Bonchev–Trinajstić information content (AvgIpc) is 3.37. The lowest BCUT2D eigenvalue weighted by Crippen LogP contribution is -2.62. The van der Waals surface area contributed by atoms with Gasteiger partial charge in [-0.1, -0.05) is 164 Å². The van der Waals surface area contributed by atoms with Crippen LogP contribution in [0.4, 0.5) is 0 Å². The molecule has 0 fully saturated rings. The Morgan fingerprint density at radius 1 is 0.364 bits per heavy atom. The molecule has 0 saturated carbocycles. The standard InChI is InChI=1S/C40H29N3Si/c1-44(33-17-9-4-10-18-33)36-20-12-11-19-34(36)35-26-25-32(27-37(35)44)40-42-38(30-15-7-3-8-16-30)41-39(43-40)31-23-21-29(22-24-31)28-13-5-2-6-14-28/h2-27H,1H3. The van der Waals surface area contributed by atoms with Crippen molar-refractivity contribution in [2.24, 2.45) is 0 Å². The maximum atomic E-state index is 5.09. The van der Waals surface area contributed by atoms with Gasteiger partial charge in [0.2, 0.25) is 0 Å². The van der Waals surface area contributed by atoms with Crippen LogP contribution >= 0.6 is 0 Å². The highest BCUT2D eigenvalue weighted by atomic mass is 28.3. The molecule has 0 N–H and O–H groups in total. The summed E-state index contributed by atoms with van der Waals surface area (Å²) in [4.78, 5) is 15.1. The zero-order valence-corrected chi connectivity index (χ0v) is 25.4. The summed E-state index contributed by atoms with van der Waals surface area (Å²) >= 11 is 0. The van der Waals surface area contributed by atoms with Gasteiger partial charge in [0.15, 0.2) is 17.5 Å². The largest absolute Gasteiger partial charge is 0.208 e. The smallest absolute Gasteiger partial charge is 0.164 e. The first kappa shape index (κ1) is 26.2. The molecule has 8 rings (SSSR count). The first-order valence-electron chi connectivity index (χ1n) is 15.0. The molecule has 0 bridgehead atoms. The first-order chi connectivity index (χ1) is 21.7. The quantitative estimate of drug-likeness (QED) is 0.197. The fourth-order valence-electron chi connectivity index (χ4n) is 6.51. The molecule has 0 spiro atoms. The summed E-state index contributed by atoms with van der Waals surface area (Å²) in [5.41, 5.74) is 7.94. The molecule has 1 unspecified atom stereocenters. The number of benzene rings is 6. The summed E-state index contributed by atoms with van der Waals surface area (Å²) in [5, 5.41) is 4.26. The summed E-state index contributed by atoms with van der Waals surface area (Å²) in [6.45, 7) is 2.47. The Bertz CT molecular complexity index is 2110. The number of hydrogen-bond acceptors (Lipinski definition) is 3. The Labute approximate surface area is 258 Å². The Hall–Kier alpha value is -5.45. The molecule has 1 aromatic heterocycles. The molecular weight excluding hydrogens is 551 g/mol. The van der Waals surface area contributed by atoms with Crippen LogP contribution in [0.5, 0.6) is 0 Å². The highest BCUT2D eigenvalue weighted by Gasteiger charge is 2.43. The molecule has 0 amide bonds. The zero-order chi connectivity index (χ0) is 29.5. The van der Waals surface area contributed by atoms with Crippen molar-refractivity contribution in [2.45, 2.75) is 6.55 Å². The first-order valence-corrected chi connectivity index (χ1v) is 17.5. The molecule has 6 aromatic carbocycles. The summed E-state index contributed by atoms with van der Waals surface area (Å²) in [7, 11) is -2.23. The van der Waals surface area contributed by atoms with Crippen LogP contribution in [0.1, 0.15) is 0 Å². The van der Waals surface area contributed by atoms with Crippen LogP contribution in [-0.4, -0.2) is 23.0 Å². The third kappa shape index (κ3) is 4.39. The van der Waals surface area contributed by atoms with Gasteiger partial charge in [0, 0.05) is 16.7 Å². The second-order valence-electron chi connectivity index (χ2n) is 11.4. The van der Waals surface area contributed by atoms with Gasteiger partial charge in [-0.15, -0.1) is 0 Å². The van der Waals surface area contributed by atoms with Crippen LogP contribution in [0.15, 0.2) is 158 Å². The molecule has 3 nitrogen and oxygen atoms in total. The molecule has 1 aliphatic heterocycles. The van der Waals surface area contributed by atoms with Crippen LogP contribution in [0.3, 0.4) is 0 Å². The lowest BCUT2D eigenvalue weighted by atomic mass is 10.0. The van der Waals surface area contributed by atoms with Crippen molar-refractivity contribution in [3.8, 4) is 56.4 Å². The Kier molecular flexibility index (Phi) is 6.35. The van der Waals surface area contributed by atoms with E-state index < -0.39 is 8.07 Å². The molecule has 44 heavy (non-hydrogen) atoms. The molecule has 7 aromatic rings. The van der Waals surface area contributed by atoms with Crippen molar-refractivity contribution in [3.05, 3.63) is 158 Å². The van der Waals surface area contributed by atoms with E-state index in [1.54, 1.807) is 0 Å². The Balaban J connectivity index is 1.28. The topological polar surface area (TPSA) is 38.7 Å². The number of hydrogen-bond donors (Lipinski definition) is 0. The van der Waals surface area contributed by atoms with Gasteiger partial charge in [0.25, 0.3) is 0 Å². The third-order valence-corrected chi connectivity index (χ3v) is 13.3. The molecule has 208 valence electrons. The SMILES string of the molecule is C[Si]1(c2ccccc2)c2ccccc2-c2ccc(-c3nc(-c4ccccc4)nc(-c4ccc(-c5ccccc5)cc4)n3)cc21. The van der Waals surface area contributed by atoms with E-state index in [-0.39, 0.29) is 0 Å².